The first-order chi connectivity index (χ1) is 12.7. The number of hydrogen-bond donors (Lipinski definition) is 1. The standard InChI is InChI=1S/C21H25N3O2/c1-23-19-5-3-2-4-17(19)12-18(21(23)26)20-22-10-11-24(20)13-15-6-8-16(14-25)9-7-15/h2-5,10-12,15-16,25H,6-9,13-14H2,1H3. The average molecular weight is 351 g/mol. The maximum atomic E-state index is 12.9. The largest absolute Gasteiger partial charge is 0.396 e. The van der Waals surface area contributed by atoms with Crippen LogP contribution in [-0.4, -0.2) is 25.8 Å². The van der Waals surface area contributed by atoms with Crippen molar-refractivity contribution >= 4 is 10.9 Å². The smallest absolute Gasteiger partial charge is 0.261 e. The fraction of sp³-hybridized carbons (Fsp3) is 0.429. The minimum Gasteiger partial charge on any atom is -0.396 e. The van der Waals surface area contributed by atoms with Crippen molar-refractivity contribution in [2.75, 3.05) is 6.61 Å². The minimum atomic E-state index is -0.0138. The lowest BCUT2D eigenvalue weighted by Gasteiger charge is -2.27. The van der Waals surface area contributed by atoms with Crippen LogP contribution in [0.5, 0.6) is 0 Å². The second-order valence-electron chi connectivity index (χ2n) is 7.45. The first kappa shape index (κ1) is 17.0. The summed E-state index contributed by atoms with van der Waals surface area (Å²) in [6, 6.07) is 9.89. The van der Waals surface area contributed by atoms with Gasteiger partial charge in [-0.25, -0.2) is 4.98 Å². The van der Waals surface area contributed by atoms with Crippen LogP contribution in [0.1, 0.15) is 25.7 Å². The molecule has 136 valence electrons. The van der Waals surface area contributed by atoms with Crippen LogP contribution in [0.3, 0.4) is 0 Å². The lowest BCUT2D eigenvalue weighted by molar-refractivity contribution is 0.161. The minimum absolute atomic E-state index is 0.0138. The number of para-hydroxylation sites is 1. The molecule has 0 radical (unpaired) electrons. The summed E-state index contributed by atoms with van der Waals surface area (Å²) in [5, 5.41) is 10.4. The summed E-state index contributed by atoms with van der Waals surface area (Å²) < 4.78 is 3.82. The van der Waals surface area contributed by atoms with E-state index in [0.717, 1.165) is 49.0 Å². The van der Waals surface area contributed by atoms with Crippen molar-refractivity contribution < 1.29 is 5.11 Å². The topological polar surface area (TPSA) is 60.0 Å². The van der Waals surface area contributed by atoms with Crippen molar-refractivity contribution in [2.45, 2.75) is 32.2 Å². The zero-order valence-corrected chi connectivity index (χ0v) is 15.1. The predicted octanol–water partition coefficient (Wildman–Crippen LogP) is 3.20. The van der Waals surface area contributed by atoms with Gasteiger partial charge in [-0.3, -0.25) is 4.79 Å². The summed E-state index contributed by atoms with van der Waals surface area (Å²) in [6.45, 7) is 1.18. The zero-order chi connectivity index (χ0) is 18.1. The Labute approximate surface area is 152 Å². The molecule has 1 aliphatic rings. The first-order valence-electron chi connectivity index (χ1n) is 9.38. The van der Waals surface area contributed by atoms with E-state index in [1.165, 1.54) is 0 Å². The Bertz CT molecular complexity index is 965. The number of rotatable bonds is 4. The highest BCUT2D eigenvalue weighted by molar-refractivity contribution is 5.83. The lowest BCUT2D eigenvalue weighted by Crippen LogP contribution is -2.23. The van der Waals surface area contributed by atoms with Crippen molar-refractivity contribution in [1.29, 1.82) is 0 Å². The van der Waals surface area contributed by atoms with E-state index in [-0.39, 0.29) is 5.56 Å². The number of aliphatic hydroxyl groups is 1. The second-order valence-corrected chi connectivity index (χ2v) is 7.45. The van der Waals surface area contributed by atoms with Crippen LogP contribution in [0.4, 0.5) is 0 Å². The number of aryl methyl sites for hydroxylation is 1. The Balaban J connectivity index is 1.66. The Morgan fingerprint density at radius 2 is 1.88 bits per heavy atom. The molecule has 1 N–H and O–H groups in total. The number of pyridine rings is 1. The summed E-state index contributed by atoms with van der Waals surface area (Å²) in [6.07, 6.45) is 8.18. The molecule has 5 heteroatoms. The molecule has 3 aromatic rings. The Kier molecular flexibility index (Phi) is 4.64. The molecule has 1 aliphatic carbocycles. The maximum absolute atomic E-state index is 12.9. The maximum Gasteiger partial charge on any atom is 0.261 e. The fourth-order valence-corrected chi connectivity index (χ4v) is 4.16. The number of aromatic nitrogens is 3. The Morgan fingerprint density at radius 1 is 1.15 bits per heavy atom. The van der Waals surface area contributed by atoms with Crippen LogP contribution in [0.2, 0.25) is 0 Å². The molecule has 0 saturated heterocycles. The average Bonchev–Trinajstić information content (AvgIpc) is 3.13. The molecule has 1 aromatic carbocycles. The first-order valence-corrected chi connectivity index (χ1v) is 9.38. The summed E-state index contributed by atoms with van der Waals surface area (Å²) in [4.78, 5) is 17.4. The molecule has 0 unspecified atom stereocenters. The third-order valence-electron chi connectivity index (χ3n) is 5.77. The van der Waals surface area contributed by atoms with Gasteiger partial charge in [0.15, 0.2) is 0 Å². The zero-order valence-electron chi connectivity index (χ0n) is 15.1. The van der Waals surface area contributed by atoms with Crippen LogP contribution in [0.15, 0.2) is 47.5 Å². The van der Waals surface area contributed by atoms with E-state index in [4.69, 9.17) is 0 Å². The third kappa shape index (κ3) is 3.07. The van der Waals surface area contributed by atoms with Gasteiger partial charge in [-0.1, -0.05) is 18.2 Å². The van der Waals surface area contributed by atoms with Crippen LogP contribution in [-0.2, 0) is 13.6 Å². The van der Waals surface area contributed by atoms with Crippen LogP contribution in [0.25, 0.3) is 22.3 Å². The van der Waals surface area contributed by atoms with E-state index >= 15 is 0 Å². The number of hydrogen-bond acceptors (Lipinski definition) is 3. The molecule has 4 rings (SSSR count). The highest BCUT2D eigenvalue weighted by atomic mass is 16.3. The summed E-state index contributed by atoms with van der Waals surface area (Å²) in [5.74, 6) is 1.79. The van der Waals surface area contributed by atoms with Crippen molar-refractivity contribution in [3.63, 3.8) is 0 Å². The number of imidazole rings is 1. The molecule has 0 atom stereocenters. The molecule has 26 heavy (non-hydrogen) atoms. The molecule has 0 aliphatic heterocycles. The normalized spacial score (nSPS) is 20.5. The number of fused-ring (bicyclic) bond motifs is 1. The lowest BCUT2D eigenvalue weighted by atomic mass is 9.82. The third-order valence-corrected chi connectivity index (χ3v) is 5.77. The van der Waals surface area contributed by atoms with Crippen molar-refractivity contribution in [3.05, 3.63) is 53.1 Å². The van der Waals surface area contributed by atoms with Crippen LogP contribution >= 0.6 is 0 Å². The van der Waals surface area contributed by atoms with Crippen LogP contribution in [0, 0.1) is 11.8 Å². The molecule has 0 amide bonds. The van der Waals surface area contributed by atoms with Gasteiger partial charge in [0.2, 0.25) is 0 Å². The number of aliphatic hydroxyl groups excluding tert-OH is 1. The molecule has 1 saturated carbocycles. The summed E-state index contributed by atoms with van der Waals surface area (Å²) >= 11 is 0. The van der Waals surface area contributed by atoms with E-state index in [1.807, 2.05) is 43.6 Å². The van der Waals surface area contributed by atoms with Gasteiger partial charge in [0.25, 0.3) is 5.56 Å². The molecule has 0 bridgehead atoms. The molecule has 2 aromatic heterocycles. The van der Waals surface area contributed by atoms with Gasteiger partial charge in [0.05, 0.1) is 11.1 Å². The van der Waals surface area contributed by atoms with Gasteiger partial charge in [0, 0.05) is 32.6 Å². The molecule has 5 nitrogen and oxygen atoms in total. The molecular weight excluding hydrogens is 326 g/mol. The van der Waals surface area contributed by atoms with Crippen molar-refractivity contribution in [3.8, 4) is 11.4 Å². The highest BCUT2D eigenvalue weighted by Gasteiger charge is 2.22. The number of nitrogens with zero attached hydrogens (tertiary/aromatic N) is 3. The molecule has 2 heterocycles. The molecule has 1 fully saturated rings. The quantitative estimate of drug-likeness (QED) is 0.785. The van der Waals surface area contributed by atoms with Gasteiger partial charge in [-0.15, -0.1) is 0 Å². The van der Waals surface area contributed by atoms with Crippen molar-refractivity contribution in [1.82, 2.24) is 14.1 Å². The van der Waals surface area contributed by atoms with E-state index in [1.54, 1.807) is 10.8 Å². The van der Waals surface area contributed by atoms with Gasteiger partial charge in [-0.05, 0) is 55.0 Å². The second kappa shape index (κ2) is 7.08. The van der Waals surface area contributed by atoms with Gasteiger partial charge >= 0.3 is 0 Å². The van der Waals surface area contributed by atoms with Crippen LogP contribution < -0.4 is 5.56 Å². The number of benzene rings is 1. The fourth-order valence-electron chi connectivity index (χ4n) is 4.16. The van der Waals surface area contributed by atoms with E-state index in [0.29, 0.717) is 24.0 Å². The Morgan fingerprint density at radius 3 is 2.65 bits per heavy atom. The SMILES string of the molecule is Cn1c(=O)c(-c2nccn2CC2CCC(CO)CC2)cc2ccccc21. The van der Waals surface area contributed by atoms with Crippen molar-refractivity contribution in [2.24, 2.45) is 18.9 Å². The molecular formula is C21H25N3O2. The van der Waals surface area contributed by atoms with Gasteiger partial charge in [-0.2, -0.15) is 0 Å². The van der Waals surface area contributed by atoms with Gasteiger partial charge in [0.1, 0.15) is 5.82 Å². The summed E-state index contributed by atoms with van der Waals surface area (Å²) in [5.41, 5.74) is 1.57. The monoisotopic (exact) mass is 351 g/mol. The van der Waals surface area contributed by atoms with E-state index in [2.05, 4.69) is 9.55 Å². The van der Waals surface area contributed by atoms with E-state index < -0.39 is 0 Å². The highest BCUT2D eigenvalue weighted by Crippen LogP contribution is 2.30. The predicted molar refractivity (Wildman–Crippen MR) is 103 cm³/mol. The Hall–Kier alpha value is -2.40. The summed E-state index contributed by atoms with van der Waals surface area (Å²) in [7, 11) is 1.82. The van der Waals surface area contributed by atoms with Gasteiger partial charge < -0.3 is 14.2 Å². The van der Waals surface area contributed by atoms with E-state index in [9.17, 15) is 9.90 Å². The molecule has 0 spiro atoms.